The maximum absolute atomic E-state index is 11.3. The lowest BCUT2D eigenvalue weighted by molar-refractivity contribution is 0.446. The average Bonchev–Trinajstić information content (AvgIpc) is 2.96. The van der Waals surface area contributed by atoms with Crippen LogP contribution in [0.3, 0.4) is 0 Å². The van der Waals surface area contributed by atoms with E-state index in [0.29, 0.717) is 5.92 Å². The van der Waals surface area contributed by atoms with Crippen LogP contribution in [-0.4, -0.2) is 26.5 Å². The second kappa shape index (κ2) is 5.98. The predicted molar refractivity (Wildman–Crippen MR) is 89.5 cm³/mol. The lowest BCUT2D eigenvalue weighted by Crippen LogP contribution is -2.34. The summed E-state index contributed by atoms with van der Waals surface area (Å²) < 4.78 is 22.6. The molecular weight excluding hydrogens is 318 g/mol. The van der Waals surface area contributed by atoms with Gasteiger partial charge in [-0.15, -0.1) is 11.3 Å². The molecule has 1 aliphatic rings. The van der Waals surface area contributed by atoms with Gasteiger partial charge >= 0.3 is 0 Å². The molecule has 1 fully saturated rings. The number of primary sulfonamides is 1. The van der Waals surface area contributed by atoms with Crippen LogP contribution in [0.1, 0.15) is 19.8 Å². The van der Waals surface area contributed by atoms with Crippen LogP contribution in [0.4, 0.5) is 5.13 Å². The van der Waals surface area contributed by atoms with Crippen molar-refractivity contribution >= 4 is 26.5 Å². The summed E-state index contributed by atoms with van der Waals surface area (Å²) in [5.41, 5.74) is 1.78. The monoisotopic (exact) mass is 337 g/mol. The van der Waals surface area contributed by atoms with Crippen LogP contribution in [0.5, 0.6) is 0 Å². The Morgan fingerprint density at radius 1 is 1.32 bits per heavy atom. The lowest BCUT2D eigenvalue weighted by atomic mass is 10.0. The Labute approximate surface area is 134 Å². The Hall–Kier alpha value is -1.44. The summed E-state index contributed by atoms with van der Waals surface area (Å²) in [5.74, 6) is 0.704. The van der Waals surface area contributed by atoms with Gasteiger partial charge in [0.2, 0.25) is 10.0 Å². The van der Waals surface area contributed by atoms with Gasteiger partial charge in [0, 0.05) is 24.0 Å². The van der Waals surface area contributed by atoms with Gasteiger partial charge in [-0.25, -0.2) is 18.5 Å². The summed E-state index contributed by atoms with van der Waals surface area (Å²) in [5, 5.41) is 8.17. The van der Waals surface area contributed by atoms with Crippen molar-refractivity contribution in [3.63, 3.8) is 0 Å². The zero-order valence-electron chi connectivity index (χ0n) is 12.4. The number of benzene rings is 1. The summed E-state index contributed by atoms with van der Waals surface area (Å²) in [6.07, 6.45) is 2.49. The zero-order valence-corrected chi connectivity index (χ0v) is 14.0. The zero-order chi connectivity index (χ0) is 15.7. The number of nitrogens with two attached hydrogens (primary N) is 1. The molecule has 0 saturated carbocycles. The predicted octanol–water partition coefficient (Wildman–Crippen LogP) is 2.69. The number of rotatable bonds is 3. The van der Waals surface area contributed by atoms with E-state index in [4.69, 9.17) is 10.1 Å². The first-order chi connectivity index (χ1) is 10.4. The van der Waals surface area contributed by atoms with Crippen molar-refractivity contribution in [3.8, 4) is 11.3 Å². The average molecular weight is 337 g/mol. The Morgan fingerprint density at radius 3 is 2.68 bits per heavy atom. The van der Waals surface area contributed by atoms with E-state index in [-0.39, 0.29) is 4.90 Å². The van der Waals surface area contributed by atoms with E-state index in [9.17, 15) is 8.42 Å². The molecule has 3 rings (SSSR count). The maximum atomic E-state index is 11.3. The quantitative estimate of drug-likeness (QED) is 0.934. The van der Waals surface area contributed by atoms with Crippen LogP contribution in [0.15, 0.2) is 34.5 Å². The Bertz CT molecular complexity index is 753. The molecule has 0 aliphatic carbocycles. The highest BCUT2D eigenvalue weighted by atomic mass is 32.2. The number of thiazole rings is 1. The minimum atomic E-state index is -3.65. The van der Waals surface area contributed by atoms with Gasteiger partial charge in [-0.3, -0.25) is 0 Å². The Kier molecular flexibility index (Phi) is 4.20. The molecule has 2 aromatic rings. The summed E-state index contributed by atoms with van der Waals surface area (Å²) in [7, 11) is -3.65. The van der Waals surface area contributed by atoms with Gasteiger partial charge < -0.3 is 4.90 Å². The van der Waals surface area contributed by atoms with Gasteiger partial charge in [0.05, 0.1) is 10.6 Å². The number of nitrogens with zero attached hydrogens (tertiary/aromatic N) is 2. The molecule has 1 saturated heterocycles. The van der Waals surface area contributed by atoms with Crippen LogP contribution >= 0.6 is 11.3 Å². The third-order valence-electron chi connectivity index (χ3n) is 3.90. The van der Waals surface area contributed by atoms with Gasteiger partial charge in [0.1, 0.15) is 0 Å². The molecule has 1 aliphatic heterocycles. The van der Waals surface area contributed by atoms with E-state index >= 15 is 0 Å². The molecule has 7 heteroatoms. The first-order valence-corrected chi connectivity index (χ1v) is 9.70. The first kappa shape index (κ1) is 15.5. The van der Waals surface area contributed by atoms with E-state index in [1.807, 2.05) is 5.38 Å². The van der Waals surface area contributed by atoms with E-state index in [1.54, 1.807) is 23.5 Å². The Morgan fingerprint density at radius 2 is 2.05 bits per heavy atom. The highest BCUT2D eigenvalue weighted by Gasteiger charge is 2.19. The highest BCUT2D eigenvalue weighted by Crippen LogP contribution is 2.30. The molecule has 1 unspecified atom stereocenters. The van der Waals surface area contributed by atoms with Crippen LogP contribution in [-0.2, 0) is 10.0 Å². The summed E-state index contributed by atoms with van der Waals surface area (Å²) in [4.78, 5) is 7.15. The molecule has 0 spiro atoms. The number of anilines is 1. The van der Waals surface area contributed by atoms with Crippen LogP contribution in [0.2, 0.25) is 0 Å². The number of aromatic nitrogens is 1. The molecule has 1 aromatic carbocycles. The van der Waals surface area contributed by atoms with Crippen molar-refractivity contribution < 1.29 is 8.42 Å². The van der Waals surface area contributed by atoms with Crippen molar-refractivity contribution in [1.29, 1.82) is 0 Å². The van der Waals surface area contributed by atoms with Crippen molar-refractivity contribution in [2.24, 2.45) is 11.1 Å². The molecular formula is C15H19N3O2S2. The minimum Gasteiger partial charge on any atom is -0.348 e. The molecule has 5 nitrogen and oxygen atoms in total. The second-order valence-electron chi connectivity index (χ2n) is 5.78. The number of piperidine rings is 1. The van der Waals surface area contributed by atoms with Gasteiger partial charge in [0.15, 0.2) is 5.13 Å². The smallest absolute Gasteiger partial charge is 0.238 e. The van der Waals surface area contributed by atoms with Crippen LogP contribution in [0.25, 0.3) is 11.3 Å². The van der Waals surface area contributed by atoms with E-state index in [2.05, 4.69) is 11.8 Å². The summed E-state index contributed by atoms with van der Waals surface area (Å²) in [6.45, 7) is 4.38. The largest absolute Gasteiger partial charge is 0.348 e. The molecule has 1 atom stereocenters. The normalized spacial score (nSPS) is 19.4. The summed E-state index contributed by atoms with van der Waals surface area (Å²) in [6, 6.07) is 6.54. The van der Waals surface area contributed by atoms with E-state index in [1.165, 1.54) is 25.0 Å². The molecule has 2 heterocycles. The number of sulfonamides is 1. The summed E-state index contributed by atoms with van der Waals surface area (Å²) >= 11 is 1.63. The third kappa shape index (κ3) is 3.31. The lowest BCUT2D eigenvalue weighted by Gasteiger charge is -2.30. The standard InChI is InChI=1S/C15H19N3O2S2/c1-11-3-2-8-18(9-11)15-17-14(10-21-15)12-4-6-13(7-5-12)22(16,19)20/h4-7,10-11H,2-3,8-9H2,1H3,(H2,16,19,20). The van der Waals surface area contributed by atoms with Crippen LogP contribution in [0, 0.1) is 5.92 Å². The highest BCUT2D eigenvalue weighted by molar-refractivity contribution is 7.89. The number of hydrogen-bond donors (Lipinski definition) is 1. The molecule has 1 aromatic heterocycles. The SMILES string of the molecule is CC1CCCN(c2nc(-c3ccc(S(N)(=O)=O)cc3)cs2)C1. The minimum absolute atomic E-state index is 0.122. The molecule has 0 radical (unpaired) electrons. The van der Waals surface area contributed by atoms with Crippen molar-refractivity contribution in [3.05, 3.63) is 29.6 Å². The van der Waals surface area contributed by atoms with Gasteiger partial charge in [-0.2, -0.15) is 0 Å². The fourth-order valence-electron chi connectivity index (χ4n) is 2.72. The molecule has 118 valence electrons. The topological polar surface area (TPSA) is 76.3 Å². The first-order valence-electron chi connectivity index (χ1n) is 7.27. The fraction of sp³-hybridized carbons (Fsp3) is 0.400. The Balaban J connectivity index is 1.81. The van der Waals surface area contributed by atoms with Gasteiger partial charge in [-0.1, -0.05) is 19.1 Å². The molecule has 0 amide bonds. The van der Waals surface area contributed by atoms with Crippen LogP contribution < -0.4 is 10.0 Å². The fourth-order valence-corrected chi connectivity index (χ4v) is 4.11. The van der Waals surface area contributed by atoms with Crippen molar-refractivity contribution in [1.82, 2.24) is 4.98 Å². The maximum Gasteiger partial charge on any atom is 0.238 e. The van der Waals surface area contributed by atoms with Crippen molar-refractivity contribution in [2.75, 3.05) is 18.0 Å². The van der Waals surface area contributed by atoms with Gasteiger partial charge in [0.25, 0.3) is 0 Å². The molecule has 22 heavy (non-hydrogen) atoms. The van der Waals surface area contributed by atoms with E-state index in [0.717, 1.165) is 29.5 Å². The van der Waals surface area contributed by atoms with Crippen molar-refractivity contribution in [2.45, 2.75) is 24.7 Å². The molecule has 0 bridgehead atoms. The second-order valence-corrected chi connectivity index (χ2v) is 8.18. The van der Waals surface area contributed by atoms with Gasteiger partial charge in [-0.05, 0) is 30.9 Å². The third-order valence-corrected chi connectivity index (χ3v) is 5.73. The molecule has 2 N–H and O–H groups in total. The number of hydrogen-bond acceptors (Lipinski definition) is 5. The van der Waals surface area contributed by atoms with E-state index < -0.39 is 10.0 Å².